The molecule has 5 rings (SSSR count). The first-order chi connectivity index (χ1) is 22.7. The molecule has 18 heteroatoms. The van der Waals surface area contributed by atoms with Gasteiger partial charge in [-0.2, -0.15) is 5.12 Å². The lowest BCUT2D eigenvalue weighted by atomic mass is 10.00. The number of rotatable bonds is 11. The van der Waals surface area contributed by atoms with Gasteiger partial charge >= 0.3 is 11.9 Å². The monoisotopic (exact) mass is 642 g/mol. The number of fused-ring (bicyclic) bond motifs is 1. The van der Waals surface area contributed by atoms with E-state index < -0.39 is 23.8 Å². The van der Waals surface area contributed by atoms with Crippen LogP contribution in [0.5, 0.6) is 0 Å². The van der Waals surface area contributed by atoms with Gasteiger partial charge in [0.2, 0.25) is 0 Å². The summed E-state index contributed by atoms with van der Waals surface area (Å²) >= 11 is 0. The van der Waals surface area contributed by atoms with E-state index in [1.165, 1.54) is 37.5 Å². The lowest BCUT2D eigenvalue weighted by molar-refractivity contribution is -0.110. The van der Waals surface area contributed by atoms with Crippen LogP contribution < -0.4 is 38.6 Å². The van der Waals surface area contributed by atoms with Crippen LogP contribution in [0.25, 0.3) is 0 Å². The summed E-state index contributed by atoms with van der Waals surface area (Å²) in [5.74, 6) is 3.39. The number of carbonyl (C=O) groups is 4. The fourth-order valence-electron chi connectivity index (χ4n) is 4.62. The Morgan fingerprint density at radius 1 is 0.872 bits per heavy atom. The minimum atomic E-state index is -0.641. The van der Waals surface area contributed by atoms with Crippen LogP contribution in [0.1, 0.15) is 48.8 Å². The first kappa shape index (κ1) is 32.0. The molecule has 0 bridgehead atoms. The summed E-state index contributed by atoms with van der Waals surface area (Å²) < 4.78 is 9.82. The van der Waals surface area contributed by atoms with Crippen LogP contribution in [0.2, 0.25) is 0 Å². The van der Waals surface area contributed by atoms with Gasteiger partial charge in [0, 0.05) is 0 Å². The van der Waals surface area contributed by atoms with E-state index in [2.05, 4.69) is 42.5 Å². The van der Waals surface area contributed by atoms with E-state index in [-0.39, 0.29) is 39.4 Å². The van der Waals surface area contributed by atoms with Crippen molar-refractivity contribution < 1.29 is 28.7 Å². The number of methoxy groups -OCH3 is 2. The summed E-state index contributed by atoms with van der Waals surface area (Å²) in [4.78, 5) is 51.8. The normalized spacial score (nSPS) is 13.0. The Hall–Kier alpha value is -6.40. The second kappa shape index (κ2) is 14.1. The molecule has 2 aliphatic rings. The lowest BCUT2D eigenvalue weighted by Crippen LogP contribution is -2.40. The summed E-state index contributed by atoms with van der Waals surface area (Å²) in [6.45, 7) is 0. The quantitative estimate of drug-likeness (QED) is 0.0848. The van der Waals surface area contributed by atoms with E-state index in [9.17, 15) is 19.2 Å². The molecule has 0 saturated carbocycles. The highest BCUT2D eigenvalue weighted by atomic mass is 16.5. The van der Waals surface area contributed by atoms with E-state index in [1.807, 2.05) is 0 Å². The molecule has 0 saturated heterocycles. The van der Waals surface area contributed by atoms with Gasteiger partial charge in [-0.25, -0.2) is 26.5 Å². The predicted molar refractivity (Wildman–Crippen MR) is 168 cm³/mol. The van der Waals surface area contributed by atoms with E-state index in [0.29, 0.717) is 25.1 Å². The molecule has 0 radical (unpaired) electrons. The molecule has 0 unspecified atom stereocenters. The van der Waals surface area contributed by atoms with Crippen molar-refractivity contribution in [1.29, 1.82) is 5.41 Å². The maximum Gasteiger partial charge on any atom is 0.339 e. The van der Waals surface area contributed by atoms with Gasteiger partial charge in [-0.3, -0.25) is 15.0 Å². The van der Waals surface area contributed by atoms with E-state index in [4.69, 9.17) is 20.7 Å². The Balaban J connectivity index is 1.27. The summed E-state index contributed by atoms with van der Waals surface area (Å²) in [5, 5.41) is 26.5. The molecule has 0 atom stereocenters. The minimum absolute atomic E-state index is 0.0473. The number of esters is 2. The largest absolute Gasteiger partial charge is 0.465 e. The van der Waals surface area contributed by atoms with Gasteiger partial charge in [0.05, 0.1) is 36.7 Å². The van der Waals surface area contributed by atoms with Crippen LogP contribution in [0.15, 0.2) is 70.9 Å². The lowest BCUT2D eigenvalue weighted by Gasteiger charge is -2.16. The van der Waals surface area contributed by atoms with Gasteiger partial charge < -0.3 is 20.1 Å². The van der Waals surface area contributed by atoms with Crippen molar-refractivity contribution in [3.63, 3.8) is 0 Å². The second-order valence-electron chi connectivity index (χ2n) is 9.97. The van der Waals surface area contributed by atoms with Gasteiger partial charge in [-0.15, -0.1) is 25.6 Å². The molecule has 18 nitrogen and oxygen atoms in total. The van der Waals surface area contributed by atoms with Crippen LogP contribution in [0.4, 0.5) is 11.4 Å². The molecule has 3 aromatic rings. The van der Waals surface area contributed by atoms with Crippen LogP contribution in [-0.2, 0) is 27.1 Å². The Bertz CT molecular complexity index is 1900. The van der Waals surface area contributed by atoms with Crippen molar-refractivity contribution >= 4 is 46.7 Å². The zero-order valence-electron chi connectivity index (χ0n) is 25.2. The molecule has 2 aliphatic heterocycles. The smallest absolute Gasteiger partial charge is 0.339 e. The fraction of sp³-hybridized carbons (Fsp3) is 0.172. The molecule has 3 heterocycles. The van der Waals surface area contributed by atoms with Crippen molar-refractivity contribution in [2.45, 2.75) is 19.3 Å². The molecule has 2 amide bonds. The fourth-order valence-corrected chi connectivity index (χ4v) is 4.62. The van der Waals surface area contributed by atoms with Gasteiger partial charge in [0.15, 0.2) is 22.7 Å². The van der Waals surface area contributed by atoms with Crippen LogP contribution in [0, 0.1) is 5.41 Å². The molecule has 0 fully saturated rings. The van der Waals surface area contributed by atoms with Crippen molar-refractivity contribution in [2.24, 2.45) is 16.0 Å². The number of nitrogens with zero attached hydrogens (tertiary/aromatic N) is 5. The number of amidine groups is 1. The van der Waals surface area contributed by atoms with Gasteiger partial charge in [0.1, 0.15) is 0 Å². The van der Waals surface area contributed by atoms with Crippen molar-refractivity contribution in [1.82, 2.24) is 26.1 Å². The number of aromatic nitrogens is 2. The zero-order chi connectivity index (χ0) is 33.5. The third kappa shape index (κ3) is 7.30. The molecule has 0 aliphatic carbocycles. The topological polar surface area (TPSA) is 243 Å². The number of nitrogen functional groups attached to an aromatic ring is 1. The minimum Gasteiger partial charge on any atom is -0.465 e. The third-order valence-corrected chi connectivity index (χ3v) is 6.97. The predicted octanol–water partition coefficient (Wildman–Crippen LogP) is 0.283. The maximum absolute atomic E-state index is 13.0. The van der Waals surface area contributed by atoms with Crippen molar-refractivity contribution in [3.8, 4) is 0 Å². The number of amides is 2. The number of hydrazine groups is 3. The first-order valence-corrected chi connectivity index (χ1v) is 14.0. The molecule has 47 heavy (non-hydrogen) atoms. The molecule has 242 valence electrons. The average molecular weight is 643 g/mol. The van der Waals surface area contributed by atoms with Gasteiger partial charge in [-0.1, -0.05) is 12.1 Å². The van der Waals surface area contributed by atoms with Crippen molar-refractivity contribution in [2.75, 3.05) is 30.4 Å². The van der Waals surface area contributed by atoms with Crippen LogP contribution in [-0.4, -0.2) is 64.5 Å². The molecule has 8 N–H and O–H groups in total. The number of carbonyl (C=O) groups excluding carboxylic acids is 4. The highest BCUT2D eigenvalue weighted by Crippen LogP contribution is 2.23. The van der Waals surface area contributed by atoms with E-state index >= 15 is 0 Å². The first-order valence-electron chi connectivity index (χ1n) is 14.0. The number of nitrogens with two attached hydrogens (primary N) is 1. The van der Waals surface area contributed by atoms with Crippen molar-refractivity contribution in [3.05, 3.63) is 94.1 Å². The Morgan fingerprint density at radius 2 is 1.57 bits per heavy atom. The number of ether oxygens (including phenoxy) is 2. The molecular formula is C29H30N12O6. The highest BCUT2D eigenvalue weighted by molar-refractivity contribution is 6.48. The standard InChI is InChI=1S/C29H30N12O6/c1-46-28(44)18-8-6-17(15-23(18)33-27(43)21-10-12-24(30)40(35-21)37-31)5-3-4-16-7-9-20(19(14-16)29(45)47-2)32-26(42)22-11-13-25-34-38-39-41(25)36-22/h6-15,30,37-39H,3-5,31H2,1-2H3,(H,32,42)(H,33,43). The molecule has 0 spiro atoms. The number of hydrogen-bond acceptors (Lipinski definition) is 15. The Morgan fingerprint density at radius 3 is 2.32 bits per heavy atom. The third-order valence-electron chi connectivity index (χ3n) is 6.97. The summed E-state index contributed by atoms with van der Waals surface area (Å²) in [6.07, 6.45) is 4.84. The number of nitrogens with one attached hydrogen (secondary N) is 6. The number of hydrogen-bond donors (Lipinski definition) is 7. The average Bonchev–Trinajstić information content (AvgIpc) is 3.56. The van der Waals surface area contributed by atoms with Crippen LogP contribution in [0.3, 0.4) is 0 Å². The maximum atomic E-state index is 13.0. The number of anilines is 2. The summed E-state index contributed by atoms with van der Waals surface area (Å²) in [6, 6.07) is 12.7. The van der Waals surface area contributed by atoms with E-state index in [1.54, 1.807) is 42.5 Å². The Kier molecular flexibility index (Phi) is 9.63. The number of hydrazone groups is 2. The SMILES string of the molecule is COC(=O)c1cc(CCCc2ccc(C(=O)OC)c(NC(=O)c3ccc(=N)n(NN)n3)c2)ccc1NC(=O)C1=NN2NNN=C2C=C1. The van der Waals surface area contributed by atoms with Gasteiger partial charge in [0.25, 0.3) is 11.8 Å². The summed E-state index contributed by atoms with van der Waals surface area (Å²) in [5.41, 5.74) is 9.76. The highest BCUT2D eigenvalue weighted by Gasteiger charge is 2.23. The summed E-state index contributed by atoms with van der Waals surface area (Å²) in [7, 11) is 2.49. The molecule has 1 aromatic heterocycles. The number of aryl methyl sites for hydroxylation is 2. The van der Waals surface area contributed by atoms with Crippen LogP contribution >= 0.6 is 0 Å². The zero-order valence-corrected chi connectivity index (χ0v) is 25.2. The van der Waals surface area contributed by atoms with E-state index in [0.717, 1.165) is 15.9 Å². The second-order valence-corrected chi connectivity index (χ2v) is 9.97. The van der Waals surface area contributed by atoms with Gasteiger partial charge in [-0.05, 0) is 78.9 Å². The molecule has 2 aromatic carbocycles. The Labute approximate surface area is 266 Å². The number of benzene rings is 2. The molecular weight excluding hydrogens is 612 g/mol.